The predicted molar refractivity (Wildman–Crippen MR) is 85.1 cm³/mol. The summed E-state index contributed by atoms with van der Waals surface area (Å²) in [5.74, 6) is -0.755. The summed E-state index contributed by atoms with van der Waals surface area (Å²) < 4.78 is 19.3. The molecule has 0 N–H and O–H groups in total. The molecular formula is C19H18FNO2. The molecule has 118 valence electrons. The van der Waals surface area contributed by atoms with Gasteiger partial charge >= 0.3 is 5.97 Å². The van der Waals surface area contributed by atoms with Crippen molar-refractivity contribution in [2.45, 2.75) is 25.4 Å². The summed E-state index contributed by atoms with van der Waals surface area (Å²) in [4.78, 5) is 16.7. The topological polar surface area (TPSA) is 39.2 Å². The Labute approximate surface area is 134 Å². The summed E-state index contributed by atoms with van der Waals surface area (Å²) in [6, 6.07) is 11.5. The van der Waals surface area contributed by atoms with Crippen LogP contribution in [0.2, 0.25) is 0 Å². The van der Waals surface area contributed by atoms with Crippen molar-refractivity contribution >= 4 is 5.97 Å². The number of allylic oxidation sites excluding steroid dienone is 2. The van der Waals surface area contributed by atoms with Crippen LogP contribution in [0.15, 0.2) is 60.8 Å². The van der Waals surface area contributed by atoms with E-state index >= 15 is 0 Å². The molecule has 23 heavy (non-hydrogen) atoms. The number of hydrogen-bond acceptors (Lipinski definition) is 3. The summed E-state index contributed by atoms with van der Waals surface area (Å²) in [6.45, 7) is 0. The van der Waals surface area contributed by atoms with Crippen LogP contribution in [0, 0.1) is 11.7 Å². The van der Waals surface area contributed by atoms with Gasteiger partial charge in [0.25, 0.3) is 0 Å². The van der Waals surface area contributed by atoms with Crippen molar-refractivity contribution in [2.24, 2.45) is 5.92 Å². The van der Waals surface area contributed by atoms with E-state index in [0.29, 0.717) is 17.7 Å². The molecule has 0 amide bonds. The van der Waals surface area contributed by atoms with E-state index in [1.807, 2.05) is 12.1 Å². The van der Waals surface area contributed by atoms with Gasteiger partial charge in [-0.3, -0.25) is 9.78 Å². The van der Waals surface area contributed by atoms with Gasteiger partial charge in [0.2, 0.25) is 0 Å². The first-order valence-corrected chi connectivity index (χ1v) is 7.76. The zero-order chi connectivity index (χ0) is 16.1. The molecule has 0 aliphatic heterocycles. The van der Waals surface area contributed by atoms with Gasteiger partial charge in [0.1, 0.15) is 5.82 Å². The largest absolute Gasteiger partial charge is 0.451 e. The van der Waals surface area contributed by atoms with E-state index in [1.165, 1.54) is 12.1 Å². The third kappa shape index (κ3) is 3.83. The fourth-order valence-corrected chi connectivity index (χ4v) is 2.72. The Morgan fingerprint density at radius 2 is 2.13 bits per heavy atom. The fraction of sp³-hybridized carbons (Fsp3) is 0.263. The van der Waals surface area contributed by atoms with Gasteiger partial charge < -0.3 is 4.74 Å². The van der Waals surface area contributed by atoms with Gasteiger partial charge in [-0.15, -0.1) is 0 Å². The van der Waals surface area contributed by atoms with Crippen LogP contribution in [0.25, 0.3) is 0 Å². The molecule has 2 atom stereocenters. The Kier molecular flexibility index (Phi) is 4.81. The van der Waals surface area contributed by atoms with Crippen LogP contribution >= 0.6 is 0 Å². The van der Waals surface area contributed by atoms with E-state index in [1.54, 1.807) is 30.5 Å². The lowest BCUT2D eigenvalue weighted by atomic mass is 9.94. The van der Waals surface area contributed by atoms with Gasteiger partial charge in [-0.1, -0.05) is 30.4 Å². The quantitative estimate of drug-likeness (QED) is 0.627. The molecule has 0 saturated carbocycles. The molecule has 1 aliphatic rings. The Morgan fingerprint density at radius 3 is 2.83 bits per heavy atom. The highest BCUT2D eigenvalue weighted by Crippen LogP contribution is 2.28. The van der Waals surface area contributed by atoms with E-state index in [0.717, 1.165) is 12.8 Å². The van der Waals surface area contributed by atoms with Crippen molar-refractivity contribution in [1.29, 1.82) is 0 Å². The van der Waals surface area contributed by atoms with Crippen LogP contribution in [0.3, 0.4) is 0 Å². The molecule has 3 rings (SSSR count). The first-order valence-electron chi connectivity index (χ1n) is 7.76. The van der Waals surface area contributed by atoms with Crippen molar-refractivity contribution in [2.75, 3.05) is 0 Å². The lowest BCUT2D eigenvalue weighted by Gasteiger charge is -2.22. The number of pyridine rings is 1. The smallest absolute Gasteiger partial charge is 0.310 e. The van der Waals surface area contributed by atoms with Crippen LogP contribution in [-0.4, -0.2) is 11.0 Å². The molecule has 0 radical (unpaired) electrons. The summed E-state index contributed by atoms with van der Waals surface area (Å²) in [5.41, 5.74) is 1.18. The van der Waals surface area contributed by atoms with E-state index < -0.39 is 6.10 Å². The lowest BCUT2D eigenvalue weighted by molar-refractivity contribution is -0.153. The SMILES string of the molecule is O=C(O[C@H](c1cccc(F)c1)c1ccccn1)[C@H]1CC=CCC1. The monoisotopic (exact) mass is 311 g/mol. The van der Waals surface area contributed by atoms with Gasteiger partial charge in [-0.25, -0.2) is 4.39 Å². The number of esters is 1. The molecule has 0 spiro atoms. The molecule has 0 fully saturated rings. The normalized spacial score (nSPS) is 18.4. The number of nitrogens with zero attached hydrogens (tertiary/aromatic N) is 1. The van der Waals surface area contributed by atoms with Crippen molar-refractivity contribution < 1.29 is 13.9 Å². The highest BCUT2D eigenvalue weighted by atomic mass is 19.1. The molecule has 1 aromatic carbocycles. The van der Waals surface area contributed by atoms with Gasteiger partial charge in [-0.2, -0.15) is 0 Å². The maximum Gasteiger partial charge on any atom is 0.310 e. The van der Waals surface area contributed by atoms with Crippen LogP contribution in [0.5, 0.6) is 0 Å². The third-order valence-corrected chi connectivity index (χ3v) is 3.94. The van der Waals surface area contributed by atoms with Gasteiger partial charge in [0.05, 0.1) is 11.6 Å². The first-order chi connectivity index (χ1) is 11.2. The number of hydrogen-bond donors (Lipinski definition) is 0. The van der Waals surface area contributed by atoms with Gasteiger partial charge in [0.15, 0.2) is 6.10 Å². The van der Waals surface area contributed by atoms with E-state index in [-0.39, 0.29) is 17.7 Å². The molecule has 4 heteroatoms. The summed E-state index contributed by atoms with van der Waals surface area (Å²) >= 11 is 0. The first kappa shape index (κ1) is 15.4. The van der Waals surface area contributed by atoms with Crippen molar-refractivity contribution in [1.82, 2.24) is 4.98 Å². The second kappa shape index (κ2) is 7.18. The number of aromatic nitrogens is 1. The molecule has 2 aromatic rings. The van der Waals surface area contributed by atoms with Crippen LogP contribution in [-0.2, 0) is 9.53 Å². The zero-order valence-electron chi connectivity index (χ0n) is 12.7. The van der Waals surface area contributed by atoms with Crippen LogP contribution in [0.1, 0.15) is 36.6 Å². The molecular weight excluding hydrogens is 293 g/mol. The van der Waals surface area contributed by atoms with Gasteiger partial charge in [0, 0.05) is 11.8 Å². The zero-order valence-corrected chi connectivity index (χ0v) is 12.7. The highest BCUT2D eigenvalue weighted by molar-refractivity contribution is 5.73. The molecule has 0 unspecified atom stereocenters. The lowest BCUT2D eigenvalue weighted by Crippen LogP contribution is -2.22. The Morgan fingerprint density at radius 1 is 1.22 bits per heavy atom. The fourth-order valence-electron chi connectivity index (χ4n) is 2.72. The highest BCUT2D eigenvalue weighted by Gasteiger charge is 2.26. The molecule has 1 heterocycles. The molecule has 1 aromatic heterocycles. The van der Waals surface area contributed by atoms with Crippen molar-refractivity contribution in [3.63, 3.8) is 0 Å². The Bertz CT molecular complexity index is 700. The second-order valence-corrected chi connectivity index (χ2v) is 5.61. The minimum absolute atomic E-state index is 0.139. The van der Waals surface area contributed by atoms with E-state index in [4.69, 9.17) is 4.74 Å². The third-order valence-electron chi connectivity index (χ3n) is 3.94. The maximum absolute atomic E-state index is 13.6. The maximum atomic E-state index is 13.6. The van der Waals surface area contributed by atoms with Gasteiger partial charge in [-0.05, 0) is 43.5 Å². The minimum Gasteiger partial charge on any atom is -0.451 e. The summed E-state index contributed by atoms with van der Waals surface area (Å²) in [6.07, 6.45) is 7.39. The Balaban J connectivity index is 1.86. The van der Waals surface area contributed by atoms with Crippen molar-refractivity contribution in [3.05, 3.63) is 77.9 Å². The second-order valence-electron chi connectivity index (χ2n) is 5.61. The Hall–Kier alpha value is -2.49. The van der Waals surface area contributed by atoms with Crippen molar-refractivity contribution in [3.8, 4) is 0 Å². The van der Waals surface area contributed by atoms with Crippen LogP contribution < -0.4 is 0 Å². The number of halogens is 1. The van der Waals surface area contributed by atoms with Crippen LogP contribution in [0.4, 0.5) is 4.39 Å². The minimum atomic E-state index is -0.690. The number of carbonyl (C=O) groups is 1. The molecule has 3 nitrogen and oxygen atoms in total. The van der Waals surface area contributed by atoms with E-state index in [2.05, 4.69) is 11.1 Å². The summed E-state index contributed by atoms with van der Waals surface area (Å²) in [7, 11) is 0. The van der Waals surface area contributed by atoms with E-state index in [9.17, 15) is 9.18 Å². The number of carbonyl (C=O) groups excluding carboxylic acids is 1. The molecule has 1 aliphatic carbocycles. The number of benzene rings is 1. The molecule has 0 saturated heterocycles. The average Bonchev–Trinajstić information content (AvgIpc) is 2.61. The number of ether oxygens (including phenoxy) is 1. The predicted octanol–water partition coefficient (Wildman–Crippen LogP) is 4.21. The average molecular weight is 311 g/mol. The summed E-state index contributed by atoms with van der Waals surface area (Å²) in [5, 5.41) is 0. The number of rotatable bonds is 4. The standard InChI is InChI=1S/C19H18FNO2/c20-16-10-6-9-15(13-16)18(17-11-4-5-12-21-17)23-19(22)14-7-2-1-3-8-14/h1-2,4-6,9-14,18H,3,7-8H2/t14-,18+/m0/s1. The molecule has 0 bridgehead atoms.